The van der Waals surface area contributed by atoms with E-state index in [1.165, 1.54) is 0 Å². The van der Waals surface area contributed by atoms with Gasteiger partial charge in [0.05, 0.1) is 6.04 Å². The van der Waals surface area contributed by atoms with E-state index in [2.05, 4.69) is 0 Å². The second-order valence-corrected chi connectivity index (χ2v) is 3.06. The number of rotatable bonds is 0. The van der Waals surface area contributed by atoms with Crippen LogP contribution in [-0.4, -0.2) is 12.3 Å². The van der Waals surface area contributed by atoms with Crippen LogP contribution in [0.4, 0.5) is 0 Å². The molecule has 0 aliphatic carbocycles. The lowest BCUT2D eigenvalue weighted by atomic mass is 10.0. The lowest BCUT2D eigenvalue weighted by Crippen LogP contribution is -2.49. The predicted octanol–water partition coefficient (Wildman–Crippen LogP) is 0.234. The molecule has 0 saturated carbocycles. The van der Waals surface area contributed by atoms with E-state index >= 15 is 0 Å². The van der Waals surface area contributed by atoms with Gasteiger partial charge in [-0.2, -0.15) is 0 Å². The van der Waals surface area contributed by atoms with Gasteiger partial charge in [0.25, 0.3) is 0 Å². The van der Waals surface area contributed by atoms with Crippen molar-refractivity contribution in [2.24, 2.45) is 11.5 Å². The highest BCUT2D eigenvalue weighted by atomic mass is 16.5. The normalized spacial score (nSPS) is 27.5. The van der Waals surface area contributed by atoms with E-state index in [1.54, 1.807) is 0 Å². The fourth-order valence-corrected chi connectivity index (χ4v) is 1.39. The second kappa shape index (κ2) is 2.77. The molecule has 1 heterocycles. The smallest absolute Gasteiger partial charge is 0.163 e. The van der Waals surface area contributed by atoms with Crippen molar-refractivity contribution in [1.29, 1.82) is 0 Å². The van der Waals surface area contributed by atoms with E-state index in [0.717, 1.165) is 17.7 Å². The fourth-order valence-electron chi connectivity index (χ4n) is 1.39. The molecule has 0 amide bonds. The second-order valence-electron chi connectivity index (χ2n) is 3.06. The fraction of sp³-hybridized carbons (Fsp3) is 0.333. The van der Waals surface area contributed by atoms with Crippen LogP contribution in [-0.2, 0) is 6.42 Å². The molecule has 1 aromatic carbocycles. The predicted molar refractivity (Wildman–Crippen MR) is 46.7 cm³/mol. The quantitative estimate of drug-likeness (QED) is 0.577. The summed E-state index contributed by atoms with van der Waals surface area (Å²) in [5, 5.41) is 0. The summed E-state index contributed by atoms with van der Waals surface area (Å²) in [6.45, 7) is 0. The highest BCUT2D eigenvalue weighted by Crippen LogP contribution is 2.24. The van der Waals surface area contributed by atoms with Crippen LogP contribution in [0.5, 0.6) is 5.75 Å². The summed E-state index contributed by atoms with van der Waals surface area (Å²) in [6, 6.07) is 7.76. The molecule has 2 atom stereocenters. The summed E-state index contributed by atoms with van der Waals surface area (Å²) in [7, 11) is 0. The number of ether oxygens (including phenoxy) is 1. The zero-order valence-electron chi connectivity index (χ0n) is 6.73. The van der Waals surface area contributed by atoms with Crippen LogP contribution in [0.15, 0.2) is 24.3 Å². The number of hydrogen-bond acceptors (Lipinski definition) is 3. The summed E-state index contributed by atoms with van der Waals surface area (Å²) in [5.74, 6) is 0.867. The van der Waals surface area contributed by atoms with E-state index in [1.807, 2.05) is 24.3 Å². The van der Waals surface area contributed by atoms with Gasteiger partial charge in [-0.05, 0) is 18.1 Å². The van der Waals surface area contributed by atoms with Gasteiger partial charge in [-0.25, -0.2) is 0 Å². The van der Waals surface area contributed by atoms with Gasteiger partial charge >= 0.3 is 0 Å². The first-order valence-electron chi connectivity index (χ1n) is 4.03. The SMILES string of the molecule is NC1Cc2ccccc2OC1N. The number of benzene rings is 1. The van der Waals surface area contributed by atoms with Crippen molar-refractivity contribution in [3.63, 3.8) is 0 Å². The Bertz CT molecular complexity index is 259. The van der Waals surface area contributed by atoms with Gasteiger partial charge in [-0.1, -0.05) is 18.2 Å². The molecule has 1 aliphatic heterocycles. The average Bonchev–Trinajstić information content (AvgIpc) is 2.07. The zero-order valence-corrected chi connectivity index (χ0v) is 6.73. The summed E-state index contributed by atoms with van der Waals surface area (Å²) < 4.78 is 5.40. The van der Waals surface area contributed by atoms with Crippen LogP contribution in [0.25, 0.3) is 0 Å². The van der Waals surface area contributed by atoms with Crippen molar-refractivity contribution < 1.29 is 4.74 Å². The van der Waals surface area contributed by atoms with Gasteiger partial charge in [0.1, 0.15) is 5.75 Å². The van der Waals surface area contributed by atoms with Crippen LogP contribution < -0.4 is 16.2 Å². The van der Waals surface area contributed by atoms with Crippen molar-refractivity contribution in [2.75, 3.05) is 0 Å². The van der Waals surface area contributed by atoms with Gasteiger partial charge in [0.2, 0.25) is 0 Å². The maximum atomic E-state index is 5.74. The Hall–Kier alpha value is -1.06. The zero-order chi connectivity index (χ0) is 8.55. The van der Waals surface area contributed by atoms with E-state index in [9.17, 15) is 0 Å². The van der Waals surface area contributed by atoms with Crippen molar-refractivity contribution in [1.82, 2.24) is 0 Å². The van der Waals surface area contributed by atoms with E-state index in [0.29, 0.717) is 0 Å². The molecule has 1 aliphatic rings. The number of para-hydroxylation sites is 1. The molecule has 4 N–H and O–H groups in total. The van der Waals surface area contributed by atoms with Crippen LogP contribution in [0.1, 0.15) is 5.56 Å². The first-order chi connectivity index (χ1) is 5.77. The third kappa shape index (κ3) is 1.17. The lowest BCUT2D eigenvalue weighted by molar-refractivity contribution is 0.158. The molecule has 0 radical (unpaired) electrons. The largest absolute Gasteiger partial charge is 0.474 e. The number of nitrogens with two attached hydrogens (primary N) is 2. The minimum Gasteiger partial charge on any atom is -0.474 e. The van der Waals surface area contributed by atoms with Gasteiger partial charge in [0, 0.05) is 0 Å². The maximum absolute atomic E-state index is 5.74. The minimum atomic E-state index is -0.361. The van der Waals surface area contributed by atoms with Gasteiger partial charge in [-0.3, -0.25) is 5.73 Å². The molecule has 0 bridgehead atoms. The molecular formula is C9H12N2O. The molecule has 0 aromatic heterocycles. The highest BCUT2D eigenvalue weighted by molar-refractivity contribution is 5.36. The Morgan fingerprint density at radius 1 is 1.25 bits per heavy atom. The van der Waals surface area contributed by atoms with E-state index in [4.69, 9.17) is 16.2 Å². The Labute approximate surface area is 71.3 Å². The van der Waals surface area contributed by atoms with Crippen molar-refractivity contribution in [2.45, 2.75) is 18.7 Å². The molecule has 2 unspecified atom stereocenters. The molecule has 1 aromatic rings. The molecular weight excluding hydrogens is 152 g/mol. The van der Waals surface area contributed by atoms with Crippen LogP contribution >= 0.6 is 0 Å². The van der Waals surface area contributed by atoms with E-state index < -0.39 is 0 Å². The molecule has 0 fully saturated rings. The van der Waals surface area contributed by atoms with Gasteiger partial charge < -0.3 is 10.5 Å². The first kappa shape index (κ1) is 7.58. The first-order valence-corrected chi connectivity index (χ1v) is 4.03. The number of fused-ring (bicyclic) bond motifs is 1. The Kier molecular flexibility index (Phi) is 1.75. The van der Waals surface area contributed by atoms with Crippen molar-refractivity contribution in [3.8, 4) is 5.75 Å². The summed E-state index contributed by atoms with van der Waals surface area (Å²) in [4.78, 5) is 0. The van der Waals surface area contributed by atoms with Crippen molar-refractivity contribution >= 4 is 0 Å². The molecule has 0 saturated heterocycles. The molecule has 3 heteroatoms. The molecule has 64 valence electrons. The standard InChI is InChI=1S/C9H12N2O/c10-7-5-6-3-1-2-4-8(6)12-9(7)11/h1-4,7,9H,5,10-11H2. The Balaban J connectivity index is 2.34. The van der Waals surface area contributed by atoms with Crippen LogP contribution in [0.3, 0.4) is 0 Å². The molecule has 0 spiro atoms. The summed E-state index contributed by atoms with van der Waals surface area (Å²) >= 11 is 0. The number of hydrogen-bond donors (Lipinski definition) is 2. The Morgan fingerprint density at radius 2 is 2.00 bits per heavy atom. The topological polar surface area (TPSA) is 61.3 Å². The van der Waals surface area contributed by atoms with Crippen LogP contribution in [0, 0.1) is 0 Å². The third-order valence-electron chi connectivity index (χ3n) is 2.11. The average molecular weight is 164 g/mol. The van der Waals surface area contributed by atoms with Gasteiger partial charge in [-0.15, -0.1) is 0 Å². The molecule has 3 nitrogen and oxygen atoms in total. The monoisotopic (exact) mass is 164 g/mol. The van der Waals surface area contributed by atoms with Gasteiger partial charge in [0.15, 0.2) is 6.23 Å². The van der Waals surface area contributed by atoms with E-state index in [-0.39, 0.29) is 12.3 Å². The Morgan fingerprint density at radius 3 is 2.83 bits per heavy atom. The third-order valence-corrected chi connectivity index (χ3v) is 2.11. The molecule has 12 heavy (non-hydrogen) atoms. The van der Waals surface area contributed by atoms with Crippen molar-refractivity contribution in [3.05, 3.63) is 29.8 Å². The maximum Gasteiger partial charge on any atom is 0.163 e. The minimum absolute atomic E-state index is 0.0834. The lowest BCUT2D eigenvalue weighted by Gasteiger charge is -2.28. The van der Waals surface area contributed by atoms with Crippen LogP contribution in [0.2, 0.25) is 0 Å². The molecule has 2 rings (SSSR count). The summed E-state index contributed by atoms with van der Waals surface area (Å²) in [6.07, 6.45) is 0.442. The summed E-state index contributed by atoms with van der Waals surface area (Å²) in [5.41, 5.74) is 12.5. The highest BCUT2D eigenvalue weighted by Gasteiger charge is 2.22.